The molecule has 3 fully saturated rings. The number of Topliss-reactive ketones (excluding diaryl/α,β-unsaturated/α-hetero) is 1. The SMILES string of the molecule is CCC(=O)O[C@H]1[C@H](O[C@H]2[C@H](C)[C@@H](O[C@H]3C[C@H](OC)[C@@H](O)[C@H](C)O3)[C@H](C)C(=O)O[C@@H](CC)[C@](C)(O)[C@@H](O)[C@H](C)C(=O)[C@@H](C)C[C@]2(C)O)O[C@@H](C)C[C@H]1N(C)C. The molecular weight excluding hydrogens is 706 g/mol. The molecule has 4 N–H and O–H groups in total. The molecule has 3 aliphatic heterocycles. The third-order valence-corrected chi connectivity index (χ3v) is 11.8. The monoisotopic (exact) mass is 775 g/mol. The van der Waals surface area contributed by atoms with Crippen molar-refractivity contribution in [3.05, 3.63) is 0 Å². The van der Waals surface area contributed by atoms with Crippen LogP contribution < -0.4 is 0 Å². The Morgan fingerprint density at radius 1 is 0.926 bits per heavy atom. The summed E-state index contributed by atoms with van der Waals surface area (Å²) < 4.78 is 43.2. The van der Waals surface area contributed by atoms with Crippen molar-refractivity contribution >= 4 is 17.7 Å². The van der Waals surface area contributed by atoms with Crippen molar-refractivity contribution < 1.29 is 68.0 Å². The predicted octanol–water partition coefficient (Wildman–Crippen LogP) is 2.36. The van der Waals surface area contributed by atoms with Crippen molar-refractivity contribution in [1.82, 2.24) is 4.90 Å². The number of ether oxygens (including phenoxy) is 7. The molecule has 0 amide bonds. The van der Waals surface area contributed by atoms with Gasteiger partial charge in [0.1, 0.15) is 23.6 Å². The molecule has 3 heterocycles. The highest BCUT2D eigenvalue weighted by molar-refractivity contribution is 5.83. The fourth-order valence-electron chi connectivity index (χ4n) is 8.49. The lowest BCUT2D eigenvalue weighted by molar-refractivity contribution is -0.313. The third-order valence-electron chi connectivity index (χ3n) is 11.8. The normalized spacial score (nSPS) is 46.1. The first-order valence-corrected chi connectivity index (χ1v) is 19.6. The van der Waals surface area contributed by atoms with Gasteiger partial charge in [0.25, 0.3) is 0 Å². The van der Waals surface area contributed by atoms with E-state index < -0.39 is 114 Å². The van der Waals surface area contributed by atoms with Gasteiger partial charge in [-0.2, -0.15) is 0 Å². The minimum atomic E-state index is -2.01. The van der Waals surface area contributed by atoms with Crippen LogP contribution in [0, 0.1) is 23.7 Å². The van der Waals surface area contributed by atoms with Crippen LogP contribution in [0.25, 0.3) is 0 Å². The van der Waals surface area contributed by atoms with Gasteiger partial charge < -0.3 is 58.5 Å². The van der Waals surface area contributed by atoms with E-state index >= 15 is 0 Å². The van der Waals surface area contributed by atoms with Gasteiger partial charge in [-0.05, 0) is 68.0 Å². The van der Waals surface area contributed by atoms with Crippen LogP contribution in [0.2, 0.25) is 0 Å². The summed E-state index contributed by atoms with van der Waals surface area (Å²) in [5.41, 5.74) is -3.84. The van der Waals surface area contributed by atoms with E-state index in [0.717, 1.165) is 0 Å². The molecule has 314 valence electrons. The first-order chi connectivity index (χ1) is 25.0. The number of hydrogen-bond donors (Lipinski definition) is 4. The van der Waals surface area contributed by atoms with E-state index in [-0.39, 0.29) is 37.8 Å². The third kappa shape index (κ3) is 10.6. The van der Waals surface area contributed by atoms with Crippen LogP contribution in [0.5, 0.6) is 0 Å². The summed E-state index contributed by atoms with van der Waals surface area (Å²) in [7, 11) is 5.20. The molecule has 15 heteroatoms. The maximum atomic E-state index is 14.1. The topological polar surface area (TPSA) is 200 Å². The fourth-order valence-corrected chi connectivity index (χ4v) is 8.49. The molecule has 0 unspecified atom stereocenters. The lowest BCUT2D eigenvalue weighted by atomic mass is 9.74. The molecule has 0 radical (unpaired) electrons. The molecule has 0 aromatic carbocycles. The number of likely N-dealkylation sites (N-methyl/N-ethyl adjacent to an activating group) is 1. The van der Waals surface area contributed by atoms with Gasteiger partial charge in [-0.3, -0.25) is 14.4 Å². The van der Waals surface area contributed by atoms with Crippen LogP contribution in [0.4, 0.5) is 0 Å². The molecule has 0 aromatic rings. The lowest BCUT2D eigenvalue weighted by Crippen LogP contribution is -2.61. The van der Waals surface area contributed by atoms with Crippen molar-refractivity contribution in [2.45, 2.75) is 186 Å². The van der Waals surface area contributed by atoms with E-state index in [2.05, 4.69) is 0 Å². The summed E-state index contributed by atoms with van der Waals surface area (Å²) in [5.74, 6) is -5.55. The van der Waals surface area contributed by atoms with E-state index in [1.54, 1.807) is 41.5 Å². The van der Waals surface area contributed by atoms with E-state index in [9.17, 15) is 34.8 Å². The van der Waals surface area contributed by atoms with Crippen LogP contribution in [0.1, 0.15) is 101 Å². The van der Waals surface area contributed by atoms with Crippen molar-refractivity contribution in [3.63, 3.8) is 0 Å². The quantitative estimate of drug-likeness (QED) is 0.249. The number of carbonyl (C=O) groups excluding carboxylic acids is 3. The van der Waals surface area contributed by atoms with Crippen LogP contribution >= 0.6 is 0 Å². The number of carbonyl (C=O) groups is 3. The summed E-state index contributed by atoms with van der Waals surface area (Å²) >= 11 is 0. The summed E-state index contributed by atoms with van der Waals surface area (Å²) in [6.45, 7) is 16.3. The molecule has 18 atom stereocenters. The lowest BCUT2D eigenvalue weighted by Gasteiger charge is -2.48. The van der Waals surface area contributed by atoms with Gasteiger partial charge in [0, 0.05) is 37.7 Å². The first-order valence-electron chi connectivity index (χ1n) is 19.6. The number of cyclic esters (lactones) is 1. The number of esters is 2. The van der Waals surface area contributed by atoms with Crippen LogP contribution in [-0.4, -0.2) is 149 Å². The van der Waals surface area contributed by atoms with Gasteiger partial charge in [0.15, 0.2) is 18.7 Å². The number of nitrogens with zero attached hydrogens (tertiary/aromatic N) is 1. The highest BCUT2D eigenvalue weighted by Gasteiger charge is 2.53. The first kappa shape index (κ1) is 46.6. The standard InChI is InChI=1S/C39H69NO14/c1-14-27-39(10,47)34(44)21(5)30(42)19(3)18-38(9,46)35(54-37-33(52-28(41)15-2)25(40(11)12)16-20(4)49-37)22(6)32(23(7)36(45)51-27)53-29-17-26(48-13)31(43)24(8)50-29/h19-27,29,31-35,37,43-44,46-47H,14-18H2,1-13H3/t19-,20-,21+,22+,23-,24-,25+,26-,27-,29-,31-,32+,33+,34-,35-,37-,38-,39-/m0/s1. The Morgan fingerprint density at radius 2 is 1.56 bits per heavy atom. The van der Waals surface area contributed by atoms with Crippen molar-refractivity contribution in [2.24, 2.45) is 23.7 Å². The largest absolute Gasteiger partial charge is 0.459 e. The molecule has 0 aliphatic carbocycles. The summed E-state index contributed by atoms with van der Waals surface area (Å²) in [6, 6.07) is -0.315. The number of aliphatic hydroxyl groups excluding tert-OH is 2. The summed E-state index contributed by atoms with van der Waals surface area (Å²) in [5, 5.41) is 46.2. The summed E-state index contributed by atoms with van der Waals surface area (Å²) in [6.07, 6.45) is -10.1. The molecule has 0 aromatic heterocycles. The molecular formula is C39H69NO14. The maximum Gasteiger partial charge on any atom is 0.311 e. The average molecular weight is 776 g/mol. The average Bonchev–Trinajstić information content (AvgIpc) is 3.11. The van der Waals surface area contributed by atoms with E-state index in [0.29, 0.717) is 6.42 Å². The molecule has 3 aliphatic rings. The van der Waals surface area contributed by atoms with Crippen molar-refractivity contribution in [1.29, 1.82) is 0 Å². The van der Waals surface area contributed by atoms with Gasteiger partial charge >= 0.3 is 11.9 Å². The Bertz CT molecular complexity index is 1250. The number of rotatable bonds is 9. The zero-order chi connectivity index (χ0) is 41.0. The molecule has 3 rings (SSSR count). The van der Waals surface area contributed by atoms with E-state index in [4.69, 9.17) is 33.2 Å². The Kier molecular flexibility index (Phi) is 16.5. The van der Waals surface area contributed by atoms with E-state index in [1.165, 1.54) is 27.9 Å². The number of aliphatic hydroxyl groups is 4. The van der Waals surface area contributed by atoms with Gasteiger partial charge in [-0.15, -0.1) is 0 Å². The Hall–Kier alpha value is -1.79. The minimum Gasteiger partial charge on any atom is -0.459 e. The second-order valence-corrected chi connectivity index (χ2v) is 16.6. The number of ketones is 1. The molecule has 54 heavy (non-hydrogen) atoms. The Morgan fingerprint density at radius 3 is 2.11 bits per heavy atom. The van der Waals surface area contributed by atoms with Crippen LogP contribution in [0.3, 0.4) is 0 Å². The summed E-state index contributed by atoms with van der Waals surface area (Å²) in [4.78, 5) is 42.8. The second-order valence-electron chi connectivity index (χ2n) is 16.6. The highest BCUT2D eigenvalue weighted by Crippen LogP contribution is 2.40. The van der Waals surface area contributed by atoms with Gasteiger partial charge in [-0.25, -0.2) is 0 Å². The molecule has 15 nitrogen and oxygen atoms in total. The smallest absolute Gasteiger partial charge is 0.311 e. The molecule has 0 saturated carbocycles. The zero-order valence-corrected chi connectivity index (χ0v) is 34.6. The fraction of sp³-hybridized carbons (Fsp3) is 0.923. The van der Waals surface area contributed by atoms with Gasteiger partial charge in [-0.1, -0.05) is 34.6 Å². The number of methoxy groups -OCH3 is 1. The zero-order valence-electron chi connectivity index (χ0n) is 34.6. The maximum absolute atomic E-state index is 14.1. The van der Waals surface area contributed by atoms with Gasteiger partial charge in [0.05, 0.1) is 54.2 Å². The van der Waals surface area contributed by atoms with Crippen molar-refractivity contribution in [3.8, 4) is 0 Å². The van der Waals surface area contributed by atoms with E-state index in [1.807, 2.05) is 25.9 Å². The Labute approximate surface area is 321 Å². The van der Waals surface area contributed by atoms with Crippen LogP contribution in [-0.2, 0) is 47.5 Å². The molecule has 0 bridgehead atoms. The predicted molar refractivity (Wildman–Crippen MR) is 196 cm³/mol. The van der Waals surface area contributed by atoms with Crippen molar-refractivity contribution in [2.75, 3.05) is 21.2 Å². The minimum absolute atomic E-state index is 0.109. The highest BCUT2D eigenvalue weighted by atomic mass is 16.7. The number of hydrogen-bond acceptors (Lipinski definition) is 15. The van der Waals surface area contributed by atoms with Crippen LogP contribution in [0.15, 0.2) is 0 Å². The van der Waals surface area contributed by atoms with Gasteiger partial charge in [0.2, 0.25) is 0 Å². The second kappa shape index (κ2) is 19.1. The molecule has 0 spiro atoms. The molecule has 3 saturated heterocycles. The Balaban J connectivity index is 2.22.